The summed E-state index contributed by atoms with van der Waals surface area (Å²) in [6, 6.07) is 2.67. The Balaban J connectivity index is 2.34. The van der Waals surface area contributed by atoms with E-state index in [-0.39, 0.29) is 17.4 Å². The molecule has 0 spiro atoms. The van der Waals surface area contributed by atoms with Crippen molar-refractivity contribution in [3.63, 3.8) is 0 Å². The van der Waals surface area contributed by atoms with Crippen LogP contribution < -0.4 is 5.32 Å². The largest absolute Gasteiger partial charge is 0.313 e. The zero-order valence-corrected chi connectivity index (χ0v) is 11.1. The highest BCUT2D eigenvalue weighted by molar-refractivity contribution is 5.29. The van der Waals surface area contributed by atoms with Crippen molar-refractivity contribution < 1.29 is 8.78 Å². The number of rotatable bonds is 3. The number of hydrogen-bond acceptors (Lipinski definition) is 1. The zero-order chi connectivity index (χ0) is 13.1. The van der Waals surface area contributed by atoms with Gasteiger partial charge in [-0.05, 0) is 44.4 Å². The molecule has 0 saturated heterocycles. The van der Waals surface area contributed by atoms with Gasteiger partial charge in [0.1, 0.15) is 11.6 Å². The Bertz CT molecular complexity index is 411. The normalized spacial score (nSPS) is 18.9. The maximum absolute atomic E-state index is 14.2. The molecule has 1 atom stereocenters. The Hall–Kier alpha value is -0.960. The summed E-state index contributed by atoms with van der Waals surface area (Å²) in [5.41, 5.74) is 0.742. The summed E-state index contributed by atoms with van der Waals surface area (Å²) in [5, 5.41) is 3.12. The van der Waals surface area contributed by atoms with Crippen LogP contribution in [0.3, 0.4) is 0 Å². The van der Waals surface area contributed by atoms with Crippen molar-refractivity contribution in [1.29, 1.82) is 0 Å². The maximum Gasteiger partial charge on any atom is 0.133 e. The van der Waals surface area contributed by atoms with Gasteiger partial charge in [-0.3, -0.25) is 0 Å². The molecule has 1 nitrogen and oxygen atoms in total. The quantitative estimate of drug-likeness (QED) is 0.854. The van der Waals surface area contributed by atoms with Gasteiger partial charge in [0.25, 0.3) is 0 Å². The van der Waals surface area contributed by atoms with E-state index in [1.54, 1.807) is 14.0 Å². The first-order chi connectivity index (χ1) is 8.65. The Morgan fingerprint density at radius 3 is 2.44 bits per heavy atom. The van der Waals surface area contributed by atoms with Crippen molar-refractivity contribution in [3.8, 4) is 0 Å². The summed E-state index contributed by atoms with van der Waals surface area (Å²) >= 11 is 0. The summed E-state index contributed by atoms with van der Waals surface area (Å²) in [7, 11) is 1.79. The minimum absolute atomic E-state index is 0.204. The summed E-state index contributed by atoms with van der Waals surface area (Å²) < 4.78 is 28.1. The van der Waals surface area contributed by atoms with Gasteiger partial charge in [-0.1, -0.05) is 25.3 Å². The van der Waals surface area contributed by atoms with E-state index in [4.69, 9.17) is 0 Å². The molecular formula is C15H21F2N. The van der Waals surface area contributed by atoms with E-state index in [0.29, 0.717) is 11.5 Å². The van der Waals surface area contributed by atoms with Crippen LogP contribution in [0.15, 0.2) is 12.1 Å². The summed E-state index contributed by atoms with van der Waals surface area (Å²) in [5.74, 6) is -0.475. The van der Waals surface area contributed by atoms with Gasteiger partial charge in [0.15, 0.2) is 0 Å². The number of benzene rings is 1. The molecule has 1 saturated carbocycles. The average molecular weight is 253 g/mol. The fraction of sp³-hybridized carbons (Fsp3) is 0.600. The third kappa shape index (κ3) is 2.56. The van der Waals surface area contributed by atoms with Crippen molar-refractivity contribution in [3.05, 3.63) is 34.9 Å². The van der Waals surface area contributed by atoms with E-state index in [9.17, 15) is 8.78 Å². The zero-order valence-electron chi connectivity index (χ0n) is 11.1. The van der Waals surface area contributed by atoms with Gasteiger partial charge in [-0.25, -0.2) is 8.78 Å². The third-order valence-electron chi connectivity index (χ3n) is 4.06. The number of aryl methyl sites for hydroxylation is 1. The van der Waals surface area contributed by atoms with Gasteiger partial charge in [0.05, 0.1) is 0 Å². The van der Waals surface area contributed by atoms with Gasteiger partial charge in [0.2, 0.25) is 0 Å². The fourth-order valence-electron chi connectivity index (χ4n) is 3.05. The molecule has 2 rings (SSSR count). The molecule has 0 aliphatic heterocycles. The summed E-state index contributed by atoms with van der Waals surface area (Å²) in [6.07, 6.45) is 5.68. The van der Waals surface area contributed by atoms with E-state index in [2.05, 4.69) is 5.32 Å². The molecule has 100 valence electrons. The molecular weight excluding hydrogens is 232 g/mol. The highest BCUT2D eigenvalue weighted by atomic mass is 19.1. The molecule has 18 heavy (non-hydrogen) atoms. The first-order valence-corrected chi connectivity index (χ1v) is 6.77. The van der Waals surface area contributed by atoms with Crippen LogP contribution in [0.25, 0.3) is 0 Å². The Labute approximate surface area is 108 Å². The Morgan fingerprint density at radius 2 is 1.83 bits per heavy atom. The topological polar surface area (TPSA) is 12.0 Å². The van der Waals surface area contributed by atoms with Crippen LogP contribution in [0, 0.1) is 24.5 Å². The lowest BCUT2D eigenvalue weighted by Gasteiger charge is -2.31. The van der Waals surface area contributed by atoms with Crippen molar-refractivity contribution in [2.75, 3.05) is 7.05 Å². The molecule has 0 radical (unpaired) electrons. The highest BCUT2D eigenvalue weighted by Crippen LogP contribution is 2.36. The fourth-order valence-corrected chi connectivity index (χ4v) is 3.05. The second-order valence-corrected chi connectivity index (χ2v) is 5.26. The smallest absolute Gasteiger partial charge is 0.133 e. The third-order valence-corrected chi connectivity index (χ3v) is 4.06. The predicted molar refractivity (Wildman–Crippen MR) is 69.5 cm³/mol. The van der Waals surface area contributed by atoms with Crippen LogP contribution in [-0.4, -0.2) is 7.05 Å². The SMILES string of the molecule is CNC(c1c(F)ccc(C)c1F)C1CCCCC1. The Kier molecular flexibility index (Phi) is 4.33. The average Bonchev–Trinajstić information content (AvgIpc) is 2.40. The lowest BCUT2D eigenvalue weighted by atomic mass is 9.80. The van der Waals surface area contributed by atoms with Crippen molar-refractivity contribution in [1.82, 2.24) is 5.32 Å². The lowest BCUT2D eigenvalue weighted by Crippen LogP contribution is -2.29. The molecule has 3 heteroatoms. The molecule has 1 aliphatic carbocycles. The minimum Gasteiger partial charge on any atom is -0.313 e. The van der Waals surface area contributed by atoms with Gasteiger partial charge in [-0.2, -0.15) is 0 Å². The van der Waals surface area contributed by atoms with Gasteiger partial charge < -0.3 is 5.32 Å². The van der Waals surface area contributed by atoms with Crippen LogP contribution in [0.5, 0.6) is 0 Å². The molecule has 0 aromatic heterocycles. The van der Waals surface area contributed by atoms with Crippen molar-refractivity contribution in [2.24, 2.45) is 5.92 Å². The van der Waals surface area contributed by atoms with Crippen molar-refractivity contribution in [2.45, 2.75) is 45.1 Å². The highest BCUT2D eigenvalue weighted by Gasteiger charge is 2.28. The van der Waals surface area contributed by atoms with E-state index in [1.807, 2.05) is 0 Å². The summed E-state index contributed by atoms with van der Waals surface area (Å²) in [6.45, 7) is 1.69. The second-order valence-electron chi connectivity index (χ2n) is 5.26. The number of hydrogen-bond donors (Lipinski definition) is 1. The maximum atomic E-state index is 14.2. The molecule has 1 unspecified atom stereocenters. The minimum atomic E-state index is -0.428. The summed E-state index contributed by atoms with van der Waals surface area (Å²) in [4.78, 5) is 0. The monoisotopic (exact) mass is 253 g/mol. The van der Waals surface area contributed by atoms with Crippen molar-refractivity contribution >= 4 is 0 Å². The van der Waals surface area contributed by atoms with Crippen LogP contribution in [0.1, 0.15) is 49.3 Å². The van der Waals surface area contributed by atoms with Gasteiger partial charge in [-0.15, -0.1) is 0 Å². The van der Waals surface area contributed by atoms with Crippen LogP contribution >= 0.6 is 0 Å². The molecule has 0 amide bonds. The molecule has 1 N–H and O–H groups in total. The molecule has 0 heterocycles. The standard InChI is InChI=1S/C15H21F2N/c1-10-8-9-12(16)13(14(10)17)15(18-2)11-6-4-3-5-7-11/h8-9,11,15,18H,3-7H2,1-2H3. The van der Waals surface area contributed by atoms with Crippen LogP contribution in [0.2, 0.25) is 0 Å². The predicted octanol–water partition coefficient (Wildman–Crippen LogP) is 4.11. The van der Waals surface area contributed by atoms with E-state index in [1.165, 1.54) is 18.6 Å². The van der Waals surface area contributed by atoms with E-state index in [0.717, 1.165) is 25.7 Å². The van der Waals surface area contributed by atoms with E-state index < -0.39 is 5.82 Å². The lowest BCUT2D eigenvalue weighted by molar-refractivity contribution is 0.271. The Morgan fingerprint density at radius 1 is 1.17 bits per heavy atom. The first-order valence-electron chi connectivity index (χ1n) is 6.77. The molecule has 1 aromatic rings. The van der Waals surface area contributed by atoms with E-state index >= 15 is 0 Å². The van der Waals surface area contributed by atoms with Crippen LogP contribution in [-0.2, 0) is 0 Å². The molecule has 1 aromatic carbocycles. The number of nitrogens with one attached hydrogen (secondary N) is 1. The number of halogens is 2. The first kappa shape index (κ1) is 13.5. The molecule has 1 fully saturated rings. The second kappa shape index (κ2) is 5.79. The van der Waals surface area contributed by atoms with Gasteiger partial charge >= 0.3 is 0 Å². The molecule has 0 bridgehead atoms. The van der Waals surface area contributed by atoms with Crippen LogP contribution in [0.4, 0.5) is 8.78 Å². The molecule has 1 aliphatic rings. The van der Waals surface area contributed by atoms with Gasteiger partial charge in [0, 0.05) is 11.6 Å².